The van der Waals surface area contributed by atoms with E-state index in [0.29, 0.717) is 0 Å². The minimum absolute atomic E-state index is 0.975. The smallest absolute Gasteiger partial charge is 0.0685 e. The summed E-state index contributed by atoms with van der Waals surface area (Å²) < 4.78 is 2.12. The Bertz CT molecular complexity index is 542. The van der Waals surface area contributed by atoms with Gasteiger partial charge >= 0.3 is 0 Å². The summed E-state index contributed by atoms with van der Waals surface area (Å²) in [6.07, 6.45) is 4.15. The minimum Gasteiger partial charge on any atom is -0.312 e. The Morgan fingerprint density at radius 1 is 1.33 bits per heavy atom. The molecule has 0 amide bonds. The summed E-state index contributed by atoms with van der Waals surface area (Å²) in [5, 5.41) is 7.89. The van der Waals surface area contributed by atoms with Crippen LogP contribution in [0.1, 0.15) is 24.5 Å². The molecule has 1 aliphatic heterocycles. The van der Waals surface area contributed by atoms with Crippen molar-refractivity contribution in [3.05, 3.63) is 41.6 Å². The van der Waals surface area contributed by atoms with Crippen molar-refractivity contribution in [3.63, 3.8) is 0 Å². The second kappa shape index (κ2) is 4.94. The Morgan fingerprint density at radius 3 is 3.17 bits per heavy atom. The number of rotatable bonds is 3. The molecule has 2 heterocycles. The first-order valence-corrected chi connectivity index (χ1v) is 6.74. The minimum atomic E-state index is 0.975. The van der Waals surface area contributed by atoms with Gasteiger partial charge < -0.3 is 5.32 Å². The van der Waals surface area contributed by atoms with E-state index in [9.17, 15) is 0 Å². The van der Waals surface area contributed by atoms with Gasteiger partial charge in [-0.1, -0.05) is 25.1 Å². The first-order chi connectivity index (χ1) is 8.90. The van der Waals surface area contributed by atoms with Gasteiger partial charge in [0, 0.05) is 24.8 Å². The molecule has 2 aromatic rings. The monoisotopic (exact) mass is 241 g/mol. The zero-order valence-electron chi connectivity index (χ0n) is 10.8. The molecule has 18 heavy (non-hydrogen) atoms. The zero-order valence-corrected chi connectivity index (χ0v) is 10.8. The number of benzene rings is 1. The summed E-state index contributed by atoms with van der Waals surface area (Å²) in [7, 11) is 0. The molecule has 3 nitrogen and oxygen atoms in total. The normalized spacial score (nSPS) is 14.5. The molecule has 3 rings (SSSR count). The second-order valence-electron chi connectivity index (χ2n) is 4.81. The molecule has 0 unspecified atom stereocenters. The van der Waals surface area contributed by atoms with Gasteiger partial charge in [0.25, 0.3) is 0 Å². The fraction of sp³-hybridized carbons (Fsp3) is 0.400. The van der Waals surface area contributed by atoms with Crippen LogP contribution in [-0.4, -0.2) is 16.3 Å². The molecule has 0 bridgehead atoms. The molecule has 0 spiro atoms. The lowest BCUT2D eigenvalue weighted by Gasteiger charge is -2.20. The molecule has 94 valence electrons. The van der Waals surface area contributed by atoms with Crippen LogP contribution < -0.4 is 5.32 Å². The van der Waals surface area contributed by atoms with Crippen LogP contribution >= 0.6 is 0 Å². The van der Waals surface area contributed by atoms with Crippen molar-refractivity contribution in [1.82, 2.24) is 15.1 Å². The predicted molar refractivity (Wildman–Crippen MR) is 73.4 cm³/mol. The Kier molecular flexibility index (Phi) is 3.15. The lowest BCUT2D eigenvalue weighted by molar-refractivity contribution is 0.606. The number of fused-ring (bicyclic) bond motifs is 1. The third-order valence-corrected chi connectivity index (χ3v) is 3.57. The molecule has 0 radical (unpaired) electrons. The molecule has 1 aromatic carbocycles. The Balaban J connectivity index is 2.08. The SMILES string of the molecule is CCCn1nccc1-c1cccc2c1CNCC2. The largest absolute Gasteiger partial charge is 0.312 e. The fourth-order valence-electron chi connectivity index (χ4n) is 2.71. The highest BCUT2D eigenvalue weighted by molar-refractivity contribution is 5.66. The standard InChI is InChI=1S/C15H19N3/c1-2-10-18-15(7-9-17-18)13-5-3-4-12-6-8-16-11-14(12)13/h3-5,7,9,16H,2,6,8,10-11H2,1H3. The van der Waals surface area contributed by atoms with E-state index in [-0.39, 0.29) is 0 Å². The lowest BCUT2D eigenvalue weighted by atomic mass is 9.94. The summed E-state index contributed by atoms with van der Waals surface area (Å²) in [5.41, 5.74) is 5.51. The number of hydrogen-bond acceptors (Lipinski definition) is 2. The molecule has 1 N–H and O–H groups in total. The molecule has 3 heteroatoms. The summed E-state index contributed by atoms with van der Waals surface area (Å²) in [6.45, 7) is 5.24. The van der Waals surface area contributed by atoms with E-state index in [1.54, 1.807) is 0 Å². The van der Waals surface area contributed by atoms with Crippen LogP contribution in [0.3, 0.4) is 0 Å². The first kappa shape index (κ1) is 11.5. The molecule has 0 fully saturated rings. The van der Waals surface area contributed by atoms with Crippen molar-refractivity contribution in [3.8, 4) is 11.3 Å². The number of hydrogen-bond donors (Lipinski definition) is 1. The highest BCUT2D eigenvalue weighted by Crippen LogP contribution is 2.28. The molecule has 0 aliphatic carbocycles. The molecular weight excluding hydrogens is 222 g/mol. The fourth-order valence-corrected chi connectivity index (χ4v) is 2.71. The third-order valence-electron chi connectivity index (χ3n) is 3.57. The topological polar surface area (TPSA) is 29.9 Å². The van der Waals surface area contributed by atoms with E-state index < -0.39 is 0 Å². The van der Waals surface area contributed by atoms with Crippen LogP contribution in [0.2, 0.25) is 0 Å². The third kappa shape index (κ3) is 1.95. The summed E-state index contributed by atoms with van der Waals surface area (Å²) in [6, 6.07) is 8.76. The van der Waals surface area contributed by atoms with Crippen LogP contribution in [0.25, 0.3) is 11.3 Å². The first-order valence-electron chi connectivity index (χ1n) is 6.74. The average molecular weight is 241 g/mol. The maximum Gasteiger partial charge on any atom is 0.0685 e. The maximum absolute atomic E-state index is 4.43. The summed E-state index contributed by atoms with van der Waals surface area (Å²) >= 11 is 0. The van der Waals surface area contributed by atoms with Gasteiger partial charge in [0.05, 0.1) is 5.69 Å². The van der Waals surface area contributed by atoms with Gasteiger partial charge in [-0.15, -0.1) is 0 Å². The Labute approximate surface area is 108 Å². The predicted octanol–water partition coefficient (Wildman–Crippen LogP) is 2.61. The van der Waals surface area contributed by atoms with E-state index in [4.69, 9.17) is 0 Å². The number of aromatic nitrogens is 2. The lowest BCUT2D eigenvalue weighted by Crippen LogP contribution is -2.24. The van der Waals surface area contributed by atoms with Crippen molar-refractivity contribution >= 4 is 0 Å². The molecule has 0 saturated carbocycles. The number of nitrogens with one attached hydrogen (secondary N) is 1. The highest BCUT2D eigenvalue weighted by Gasteiger charge is 2.15. The highest BCUT2D eigenvalue weighted by atomic mass is 15.3. The molecule has 1 aliphatic rings. The van der Waals surface area contributed by atoms with Gasteiger partial charge in [0.2, 0.25) is 0 Å². The van der Waals surface area contributed by atoms with Crippen molar-refractivity contribution in [2.75, 3.05) is 6.54 Å². The van der Waals surface area contributed by atoms with Crippen molar-refractivity contribution < 1.29 is 0 Å². The number of aryl methyl sites for hydroxylation is 1. The average Bonchev–Trinajstić information content (AvgIpc) is 2.87. The van der Waals surface area contributed by atoms with Crippen LogP contribution in [0.15, 0.2) is 30.5 Å². The quantitative estimate of drug-likeness (QED) is 0.895. The molecule has 0 saturated heterocycles. The van der Waals surface area contributed by atoms with Gasteiger partial charge in [-0.2, -0.15) is 5.10 Å². The van der Waals surface area contributed by atoms with Crippen LogP contribution in [0, 0.1) is 0 Å². The van der Waals surface area contributed by atoms with E-state index in [0.717, 1.165) is 32.5 Å². The van der Waals surface area contributed by atoms with Crippen molar-refractivity contribution in [1.29, 1.82) is 0 Å². The maximum atomic E-state index is 4.43. The molecular formula is C15H19N3. The van der Waals surface area contributed by atoms with Crippen LogP contribution in [0.5, 0.6) is 0 Å². The van der Waals surface area contributed by atoms with Crippen LogP contribution in [0.4, 0.5) is 0 Å². The van der Waals surface area contributed by atoms with E-state index in [1.165, 1.54) is 22.4 Å². The van der Waals surface area contributed by atoms with Gasteiger partial charge in [-0.05, 0) is 36.6 Å². The van der Waals surface area contributed by atoms with Gasteiger partial charge in [-0.25, -0.2) is 0 Å². The van der Waals surface area contributed by atoms with Crippen molar-refractivity contribution in [2.45, 2.75) is 32.9 Å². The Hall–Kier alpha value is -1.61. The van der Waals surface area contributed by atoms with Crippen LogP contribution in [-0.2, 0) is 19.5 Å². The molecule has 0 atom stereocenters. The summed E-state index contributed by atoms with van der Waals surface area (Å²) in [4.78, 5) is 0. The summed E-state index contributed by atoms with van der Waals surface area (Å²) in [5.74, 6) is 0. The number of nitrogens with zero attached hydrogens (tertiary/aromatic N) is 2. The van der Waals surface area contributed by atoms with E-state index in [1.807, 2.05) is 6.20 Å². The second-order valence-corrected chi connectivity index (χ2v) is 4.81. The van der Waals surface area contributed by atoms with E-state index >= 15 is 0 Å². The Morgan fingerprint density at radius 2 is 2.28 bits per heavy atom. The van der Waals surface area contributed by atoms with Gasteiger partial charge in [0.15, 0.2) is 0 Å². The van der Waals surface area contributed by atoms with Gasteiger partial charge in [0.1, 0.15) is 0 Å². The van der Waals surface area contributed by atoms with Gasteiger partial charge in [-0.3, -0.25) is 4.68 Å². The zero-order chi connectivity index (χ0) is 12.4. The molecule has 1 aromatic heterocycles. The van der Waals surface area contributed by atoms with E-state index in [2.05, 4.69) is 46.3 Å². The van der Waals surface area contributed by atoms with Crippen molar-refractivity contribution in [2.24, 2.45) is 0 Å².